The van der Waals surface area contributed by atoms with Crippen LogP contribution in [0.25, 0.3) is 0 Å². The summed E-state index contributed by atoms with van der Waals surface area (Å²) >= 11 is 0. The molecule has 0 atom stereocenters. The van der Waals surface area contributed by atoms with Crippen molar-refractivity contribution in [1.29, 1.82) is 0 Å². The molecule has 0 bridgehead atoms. The van der Waals surface area contributed by atoms with Gasteiger partial charge < -0.3 is 9.72 Å². The van der Waals surface area contributed by atoms with Crippen molar-refractivity contribution in [2.45, 2.75) is 39.5 Å². The molecule has 0 amide bonds. The molecule has 106 valence electrons. The standard InChI is InChI=1S/C17H21NO2/c1-5-14-10-12(11-18-14)16(19)20-15-8-6-13(7-9-15)17(2,3)4/h6-11,18H,5H2,1-4H3. The zero-order chi connectivity index (χ0) is 14.8. The number of H-pyrrole nitrogens is 1. The van der Waals surface area contributed by atoms with E-state index in [1.54, 1.807) is 6.20 Å². The number of hydrogen-bond donors (Lipinski definition) is 1. The first-order valence-corrected chi connectivity index (χ1v) is 6.90. The van der Waals surface area contributed by atoms with Gasteiger partial charge in [-0.2, -0.15) is 0 Å². The van der Waals surface area contributed by atoms with Crippen LogP contribution in [0, 0.1) is 0 Å². The van der Waals surface area contributed by atoms with Gasteiger partial charge in [0, 0.05) is 11.9 Å². The number of aryl methyl sites for hydroxylation is 1. The largest absolute Gasteiger partial charge is 0.423 e. The smallest absolute Gasteiger partial charge is 0.345 e. The Bertz CT molecular complexity index is 588. The Labute approximate surface area is 120 Å². The number of aromatic amines is 1. The lowest BCUT2D eigenvalue weighted by Gasteiger charge is -2.18. The highest BCUT2D eigenvalue weighted by atomic mass is 16.5. The van der Waals surface area contributed by atoms with E-state index in [1.165, 1.54) is 5.56 Å². The first-order valence-electron chi connectivity index (χ1n) is 6.90. The number of nitrogens with one attached hydrogen (secondary N) is 1. The zero-order valence-electron chi connectivity index (χ0n) is 12.5. The molecule has 3 nitrogen and oxygen atoms in total. The molecule has 3 heteroatoms. The maximum Gasteiger partial charge on any atom is 0.345 e. The molecule has 1 heterocycles. The first-order chi connectivity index (χ1) is 9.40. The van der Waals surface area contributed by atoms with Gasteiger partial charge in [-0.25, -0.2) is 4.79 Å². The van der Waals surface area contributed by atoms with Crippen LogP contribution >= 0.6 is 0 Å². The molecule has 1 aromatic carbocycles. The molecule has 0 saturated heterocycles. The fourth-order valence-electron chi connectivity index (χ4n) is 1.95. The fraction of sp³-hybridized carbons (Fsp3) is 0.353. The highest BCUT2D eigenvalue weighted by Crippen LogP contribution is 2.24. The van der Waals surface area contributed by atoms with Gasteiger partial charge in [-0.3, -0.25) is 0 Å². The quantitative estimate of drug-likeness (QED) is 0.674. The number of esters is 1. The van der Waals surface area contributed by atoms with Crippen LogP contribution in [0.5, 0.6) is 5.75 Å². The molecule has 1 aromatic heterocycles. The third kappa shape index (κ3) is 3.29. The van der Waals surface area contributed by atoms with Crippen LogP contribution in [0.3, 0.4) is 0 Å². The van der Waals surface area contributed by atoms with Crippen LogP contribution in [-0.4, -0.2) is 11.0 Å². The molecule has 0 aliphatic rings. The number of benzene rings is 1. The maximum absolute atomic E-state index is 12.0. The van der Waals surface area contributed by atoms with Gasteiger partial charge in [0.2, 0.25) is 0 Å². The number of aromatic nitrogens is 1. The number of carbonyl (C=O) groups is 1. The van der Waals surface area contributed by atoms with E-state index < -0.39 is 0 Å². The van der Waals surface area contributed by atoms with Crippen LogP contribution in [0.1, 0.15) is 49.3 Å². The van der Waals surface area contributed by atoms with Crippen molar-refractivity contribution < 1.29 is 9.53 Å². The fourth-order valence-corrected chi connectivity index (χ4v) is 1.95. The van der Waals surface area contributed by atoms with Crippen LogP contribution in [-0.2, 0) is 11.8 Å². The van der Waals surface area contributed by atoms with Gasteiger partial charge in [-0.1, -0.05) is 39.8 Å². The molecule has 2 aromatic rings. The zero-order valence-corrected chi connectivity index (χ0v) is 12.5. The Kier molecular flexibility index (Phi) is 3.98. The van der Waals surface area contributed by atoms with Crippen LogP contribution in [0.4, 0.5) is 0 Å². The van der Waals surface area contributed by atoms with Gasteiger partial charge in [-0.15, -0.1) is 0 Å². The van der Waals surface area contributed by atoms with Crippen molar-refractivity contribution >= 4 is 5.97 Å². The number of ether oxygens (including phenoxy) is 1. The second-order valence-corrected chi connectivity index (χ2v) is 5.93. The Balaban J connectivity index is 2.08. The SMILES string of the molecule is CCc1cc(C(=O)Oc2ccc(C(C)(C)C)cc2)c[nH]1. The van der Waals surface area contributed by atoms with Crippen molar-refractivity contribution in [2.75, 3.05) is 0 Å². The van der Waals surface area contributed by atoms with Gasteiger partial charge in [-0.05, 0) is 35.6 Å². The second kappa shape index (κ2) is 5.53. The summed E-state index contributed by atoms with van der Waals surface area (Å²) in [4.78, 5) is 15.0. The summed E-state index contributed by atoms with van der Waals surface area (Å²) in [5, 5.41) is 0. The minimum atomic E-state index is -0.329. The van der Waals surface area contributed by atoms with E-state index in [4.69, 9.17) is 4.74 Å². The van der Waals surface area contributed by atoms with E-state index >= 15 is 0 Å². The predicted octanol–water partition coefficient (Wildman–Crippen LogP) is 4.09. The monoisotopic (exact) mass is 271 g/mol. The van der Waals surface area contributed by atoms with E-state index in [2.05, 4.69) is 25.8 Å². The van der Waals surface area contributed by atoms with Gasteiger partial charge in [0.05, 0.1) is 5.56 Å². The molecule has 0 aliphatic heterocycles. The first kappa shape index (κ1) is 14.4. The topological polar surface area (TPSA) is 42.1 Å². The van der Waals surface area contributed by atoms with Crippen molar-refractivity contribution in [2.24, 2.45) is 0 Å². The average Bonchev–Trinajstić information content (AvgIpc) is 2.87. The van der Waals surface area contributed by atoms with Crippen LogP contribution in [0.15, 0.2) is 36.5 Å². The van der Waals surface area contributed by atoms with E-state index in [-0.39, 0.29) is 11.4 Å². The lowest BCUT2D eigenvalue weighted by Crippen LogP contribution is -2.11. The Morgan fingerprint density at radius 2 is 1.85 bits per heavy atom. The maximum atomic E-state index is 12.0. The number of rotatable bonds is 3. The summed E-state index contributed by atoms with van der Waals surface area (Å²) in [6.07, 6.45) is 2.55. The normalized spacial score (nSPS) is 11.4. The predicted molar refractivity (Wildman–Crippen MR) is 80.3 cm³/mol. The second-order valence-electron chi connectivity index (χ2n) is 5.93. The molecule has 0 aliphatic carbocycles. The summed E-state index contributed by atoms with van der Waals surface area (Å²) in [7, 11) is 0. The lowest BCUT2D eigenvalue weighted by atomic mass is 9.87. The Morgan fingerprint density at radius 1 is 1.20 bits per heavy atom. The van der Waals surface area contributed by atoms with E-state index in [1.807, 2.05) is 37.3 Å². The molecule has 0 fully saturated rings. The summed E-state index contributed by atoms with van der Waals surface area (Å²) < 4.78 is 5.37. The lowest BCUT2D eigenvalue weighted by molar-refractivity contribution is 0.0735. The Hall–Kier alpha value is -2.03. The third-order valence-electron chi connectivity index (χ3n) is 3.29. The van der Waals surface area contributed by atoms with Crippen molar-refractivity contribution in [3.63, 3.8) is 0 Å². The molecular formula is C17H21NO2. The summed E-state index contributed by atoms with van der Waals surface area (Å²) in [6, 6.07) is 9.50. The molecule has 0 saturated carbocycles. The minimum Gasteiger partial charge on any atom is -0.423 e. The third-order valence-corrected chi connectivity index (χ3v) is 3.29. The Morgan fingerprint density at radius 3 is 2.35 bits per heavy atom. The van der Waals surface area contributed by atoms with E-state index in [9.17, 15) is 4.79 Å². The summed E-state index contributed by atoms with van der Waals surface area (Å²) in [6.45, 7) is 8.49. The summed E-state index contributed by atoms with van der Waals surface area (Å²) in [5.74, 6) is 0.242. The highest BCUT2D eigenvalue weighted by molar-refractivity contribution is 5.91. The molecule has 20 heavy (non-hydrogen) atoms. The van der Waals surface area contributed by atoms with Gasteiger partial charge >= 0.3 is 5.97 Å². The van der Waals surface area contributed by atoms with Gasteiger partial charge in [0.15, 0.2) is 0 Å². The average molecular weight is 271 g/mol. The van der Waals surface area contributed by atoms with E-state index in [0.29, 0.717) is 11.3 Å². The molecular weight excluding hydrogens is 250 g/mol. The number of carbonyl (C=O) groups excluding carboxylic acids is 1. The summed E-state index contributed by atoms with van der Waals surface area (Å²) in [5.41, 5.74) is 2.90. The molecule has 2 rings (SSSR count). The van der Waals surface area contributed by atoms with Gasteiger partial charge in [0.1, 0.15) is 5.75 Å². The van der Waals surface area contributed by atoms with Gasteiger partial charge in [0.25, 0.3) is 0 Å². The molecule has 1 N–H and O–H groups in total. The minimum absolute atomic E-state index is 0.0964. The van der Waals surface area contributed by atoms with E-state index in [0.717, 1.165) is 12.1 Å². The van der Waals surface area contributed by atoms with Crippen molar-refractivity contribution in [3.8, 4) is 5.75 Å². The highest BCUT2D eigenvalue weighted by Gasteiger charge is 2.14. The van der Waals surface area contributed by atoms with Crippen molar-refractivity contribution in [3.05, 3.63) is 53.3 Å². The molecule has 0 radical (unpaired) electrons. The van der Waals surface area contributed by atoms with Crippen molar-refractivity contribution in [1.82, 2.24) is 4.98 Å². The van der Waals surface area contributed by atoms with Crippen LogP contribution < -0.4 is 4.74 Å². The number of hydrogen-bond acceptors (Lipinski definition) is 2. The molecule has 0 spiro atoms. The molecule has 0 unspecified atom stereocenters. The van der Waals surface area contributed by atoms with Crippen LogP contribution in [0.2, 0.25) is 0 Å².